The van der Waals surface area contributed by atoms with Gasteiger partial charge in [0.1, 0.15) is 12.9 Å². The van der Waals surface area contributed by atoms with E-state index in [1.165, 1.54) is 0 Å². The van der Waals surface area contributed by atoms with E-state index in [0.717, 1.165) is 0 Å². The quantitative estimate of drug-likeness (QED) is 0.583. The lowest BCUT2D eigenvalue weighted by Crippen LogP contribution is -1.78. The second-order valence-electron chi connectivity index (χ2n) is 1.78. The van der Waals surface area contributed by atoms with Gasteiger partial charge in [0.2, 0.25) is 0 Å². The third-order valence-electron chi connectivity index (χ3n) is 1.15. The summed E-state index contributed by atoms with van der Waals surface area (Å²) in [5.74, 6) is 0.666. The van der Waals surface area contributed by atoms with E-state index < -0.39 is 0 Å². The molecule has 0 fully saturated rings. The Morgan fingerprint density at radius 2 is 1.90 bits per heavy atom. The fourth-order valence-corrected chi connectivity index (χ4v) is 0.626. The van der Waals surface area contributed by atoms with Gasteiger partial charge in [0.25, 0.3) is 0 Å². The lowest BCUT2D eigenvalue weighted by atomic mass is 10.2. The smallest absolute Gasteiger partial charge is 0.122 e. The van der Waals surface area contributed by atoms with Crippen molar-refractivity contribution < 1.29 is 4.74 Å². The zero-order valence-corrected chi connectivity index (χ0v) is 5.37. The van der Waals surface area contributed by atoms with Gasteiger partial charge in [-0.15, -0.1) is 0 Å². The van der Waals surface area contributed by atoms with E-state index in [1.54, 1.807) is 24.3 Å². The van der Waals surface area contributed by atoms with Crippen LogP contribution < -0.4 is 4.74 Å². The van der Waals surface area contributed by atoms with Crippen LogP contribution in [0.15, 0.2) is 24.3 Å². The van der Waals surface area contributed by atoms with Gasteiger partial charge in [-0.25, -0.2) is 0 Å². The van der Waals surface area contributed by atoms with Crippen molar-refractivity contribution in [1.29, 1.82) is 5.26 Å². The number of hydrogen-bond donors (Lipinski definition) is 0. The van der Waals surface area contributed by atoms with E-state index in [-0.39, 0.29) is 0 Å². The minimum Gasteiger partial charge on any atom is -0.490 e. The third kappa shape index (κ3) is 1.26. The molecule has 1 rings (SSSR count). The predicted octanol–water partition coefficient (Wildman–Crippen LogP) is 1.73. The maximum absolute atomic E-state index is 8.39. The Morgan fingerprint density at radius 1 is 1.30 bits per heavy atom. The van der Waals surface area contributed by atoms with E-state index in [4.69, 9.17) is 5.26 Å². The molecule has 0 atom stereocenters. The van der Waals surface area contributed by atoms with Gasteiger partial charge in [0.05, 0.1) is 11.6 Å². The molecule has 0 saturated carbocycles. The van der Waals surface area contributed by atoms with Gasteiger partial charge in [-0.05, 0) is 24.3 Å². The van der Waals surface area contributed by atoms with E-state index in [1.807, 2.05) is 6.07 Å². The minimum absolute atomic E-state index is 0.626. The molecule has 49 valence electrons. The average molecular weight is 132 g/mol. The topological polar surface area (TPSA) is 33.0 Å². The molecule has 1 radical (unpaired) electrons. The second kappa shape index (κ2) is 2.88. The summed E-state index contributed by atoms with van der Waals surface area (Å²) in [4.78, 5) is 0. The molecule has 0 saturated heterocycles. The molecule has 0 N–H and O–H groups in total. The van der Waals surface area contributed by atoms with E-state index >= 15 is 0 Å². The van der Waals surface area contributed by atoms with E-state index in [0.29, 0.717) is 11.3 Å². The van der Waals surface area contributed by atoms with E-state index in [9.17, 15) is 0 Å². The van der Waals surface area contributed by atoms with Crippen LogP contribution in [0.5, 0.6) is 5.75 Å². The Kier molecular flexibility index (Phi) is 1.91. The Hall–Kier alpha value is -1.49. The molecule has 1 aromatic carbocycles. The first-order chi connectivity index (χ1) is 4.86. The molecule has 0 aromatic heterocycles. The Morgan fingerprint density at radius 3 is 2.30 bits per heavy atom. The molecule has 0 aliphatic heterocycles. The summed E-state index contributed by atoms with van der Waals surface area (Å²) < 4.78 is 4.65. The van der Waals surface area contributed by atoms with Crippen molar-refractivity contribution in [2.75, 3.05) is 0 Å². The molecule has 1 aromatic rings. The maximum atomic E-state index is 8.39. The lowest BCUT2D eigenvalue weighted by Gasteiger charge is -1.95. The van der Waals surface area contributed by atoms with Crippen molar-refractivity contribution in [3.63, 3.8) is 0 Å². The number of ether oxygens (including phenoxy) is 1. The molecular weight excluding hydrogens is 126 g/mol. The Labute approximate surface area is 59.7 Å². The summed E-state index contributed by atoms with van der Waals surface area (Å²) in [6.45, 7) is 0. The van der Waals surface area contributed by atoms with Crippen LogP contribution in [0.3, 0.4) is 0 Å². The van der Waals surface area contributed by atoms with Gasteiger partial charge < -0.3 is 4.74 Å². The van der Waals surface area contributed by atoms with Crippen LogP contribution in [0.4, 0.5) is 0 Å². The zero-order chi connectivity index (χ0) is 7.40. The number of rotatable bonds is 1. The average Bonchev–Trinajstić information content (AvgIpc) is 2.05. The maximum Gasteiger partial charge on any atom is 0.122 e. The fourth-order valence-electron chi connectivity index (χ4n) is 0.626. The summed E-state index contributed by atoms with van der Waals surface area (Å²) in [6.07, 6.45) is 0. The highest BCUT2D eigenvalue weighted by Crippen LogP contribution is 2.10. The summed E-state index contributed by atoms with van der Waals surface area (Å²) >= 11 is 0. The van der Waals surface area contributed by atoms with Crippen LogP contribution in [-0.2, 0) is 0 Å². The monoisotopic (exact) mass is 132 g/mol. The molecule has 2 nitrogen and oxygen atoms in total. The van der Waals surface area contributed by atoms with Crippen molar-refractivity contribution in [3.05, 3.63) is 36.9 Å². The first-order valence-electron chi connectivity index (χ1n) is 2.79. The van der Waals surface area contributed by atoms with Crippen LogP contribution in [0.1, 0.15) is 5.56 Å². The molecule has 0 aliphatic rings. The summed E-state index contributed by atoms with van der Waals surface area (Å²) in [5.41, 5.74) is 0.626. The van der Waals surface area contributed by atoms with Crippen LogP contribution in [-0.4, -0.2) is 0 Å². The molecule has 0 aliphatic carbocycles. The summed E-state index contributed by atoms with van der Waals surface area (Å²) in [6, 6.07) is 8.76. The van der Waals surface area contributed by atoms with Gasteiger partial charge in [-0.3, -0.25) is 0 Å². The van der Waals surface area contributed by atoms with Gasteiger partial charge in [-0.1, -0.05) is 0 Å². The molecular formula is C8H6NO. The van der Waals surface area contributed by atoms with Gasteiger partial charge >= 0.3 is 0 Å². The summed E-state index contributed by atoms with van der Waals surface area (Å²) in [7, 11) is 3.23. The first kappa shape index (κ1) is 6.63. The van der Waals surface area contributed by atoms with E-state index in [2.05, 4.69) is 11.8 Å². The van der Waals surface area contributed by atoms with Gasteiger partial charge in [0, 0.05) is 0 Å². The SMILES string of the molecule is [CH2]Oc1ccc(C#N)cc1. The van der Waals surface area contributed by atoms with Crippen molar-refractivity contribution in [2.45, 2.75) is 0 Å². The van der Waals surface area contributed by atoms with Crippen molar-refractivity contribution in [1.82, 2.24) is 0 Å². The zero-order valence-electron chi connectivity index (χ0n) is 5.37. The third-order valence-corrected chi connectivity index (χ3v) is 1.15. The van der Waals surface area contributed by atoms with Crippen LogP contribution in [0, 0.1) is 18.4 Å². The van der Waals surface area contributed by atoms with Gasteiger partial charge in [-0.2, -0.15) is 5.26 Å². The predicted molar refractivity (Wildman–Crippen MR) is 37.1 cm³/mol. The first-order valence-corrected chi connectivity index (χ1v) is 2.79. The molecule has 2 heteroatoms. The highest BCUT2D eigenvalue weighted by Gasteiger charge is 1.89. The molecule has 0 unspecified atom stereocenters. The van der Waals surface area contributed by atoms with Crippen molar-refractivity contribution >= 4 is 0 Å². The molecule has 10 heavy (non-hydrogen) atoms. The number of hydrogen-bond acceptors (Lipinski definition) is 2. The molecule has 0 heterocycles. The number of nitriles is 1. The molecule has 0 amide bonds. The molecule has 0 bridgehead atoms. The number of benzene rings is 1. The summed E-state index contributed by atoms with van der Waals surface area (Å²) in [5, 5.41) is 8.39. The standard InChI is InChI=1S/C8H6NO/c1-10-8-4-2-7(6-9)3-5-8/h2-5H,1H2. The largest absolute Gasteiger partial charge is 0.490 e. The van der Waals surface area contributed by atoms with Gasteiger partial charge in [0.15, 0.2) is 0 Å². The highest BCUT2D eigenvalue weighted by atomic mass is 16.5. The normalized spacial score (nSPS) is 8.40. The Balaban J connectivity index is 2.93. The second-order valence-corrected chi connectivity index (χ2v) is 1.78. The van der Waals surface area contributed by atoms with Crippen LogP contribution >= 0.6 is 0 Å². The molecule has 0 spiro atoms. The van der Waals surface area contributed by atoms with Crippen molar-refractivity contribution in [2.24, 2.45) is 0 Å². The minimum atomic E-state index is 0.626. The number of nitrogens with zero attached hydrogens (tertiary/aromatic N) is 1. The highest BCUT2D eigenvalue weighted by molar-refractivity contribution is 5.34. The van der Waals surface area contributed by atoms with Crippen LogP contribution in [0.2, 0.25) is 0 Å². The van der Waals surface area contributed by atoms with Crippen molar-refractivity contribution in [3.8, 4) is 11.8 Å². The Bertz CT molecular complexity index is 245. The van der Waals surface area contributed by atoms with Crippen LogP contribution in [0.25, 0.3) is 0 Å². The fraction of sp³-hybridized carbons (Fsp3) is 0. The lowest BCUT2D eigenvalue weighted by molar-refractivity contribution is 0.473.